The lowest BCUT2D eigenvalue weighted by Crippen LogP contribution is -2.24. The molecule has 94 valence electrons. The third-order valence-corrected chi connectivity index (χ3v) is 4.05. The fourth-order valence-corrected chi connectivity index (χ4v) is 2.18. The number of rotatable bonds is 4. The number of anilines is 1. The number of nitrogens with zero attached hydrogens (tertiary/aromatic N) is 1. The monoisotopic (exact) mass is 242 g/mol. The predicted molar refractivity (Wildman–Crippen MR) is 72.4 cm³/mol. The minimum Gasteiger partial charge on any atom is -0.444 e. The quantitative estimate of drug-likeness (QED) is 0.882. The van der Waals surface area contributed by atoms with E-state index in [2.05, 4.69) is 36.3 Å². The number of oxazole rings is 1. The lowest BCUT2D eigenvalue weighted by atomic mass is 10.0. The summed E-state index contributed by atoms with van der Waals surface area (Å²) in [6, 6.07) is 8.80. The van der Waals surface area contributed by atoms with Crippen LogP contribution in [0.25, 0.3) is 11.3 Å². The van der Waals surface area contributed by atoms with Crippen LogP contribution in [0.3, 0.4) is 0 Å². The Labute approximate surface area is 107 Å². The molecule has 1 unspecified atom stereocenters. The smallest absolute Gasteiger partial charge is 0.181 e. The van der Waals surface area contributed by atoms with Gasteiger partial charge in [0.05, 0.1) is 6.20 Å². The Hall–Kier alpha value is -1.77. The van der Waals surface area contributed by atoms with Gasteiger partial charge in [0.1, 0.15) is 0 Å². The van der Waals surface area contributed by atoms with Gasteiger partial charge in [0.15, 0.2) is 12.2 Å². The van der Waals surface area contributed by atoms with Gasteiger partial charge >= 0.3 is 0 Å². The molecular weight excluding hydrogens is 224 g/mol. The molecule has 1 aliphatic carbocycles. The van der Waals surface area contributed by atoms with E-state index < -0.39 is 0 Å². The lowest BCUT2D eigenvalue weighted by Gasteiger charge is -2.21. The summed E-state index contributed by atoms with van der Waals surface area (Å²) in [5.74, 6) is 0.809. The molecule has 1 atom stereocenters. The molecule has 1 N–H and O–H groups in total. The molecule has 0 saturated heterocycles. The van der Waals surface area contributed by atoms with Crippen molar-refractivity contribution in [3.05, 3.63) is 36.9 Å². The summed E-state index contributed by atoms with van der Waals surface area (Å²) in [7, 11) is 0. The first-order valence-corrected chi connectivity index (χ1v) is 6.43. The van der Waals surface area contributed by atoms with Gasteiger partial charge in [0.2, 0.25) is 0 Å². The highest BCUT2D eigenvalue weighted by Gasteiger charge is 2.42. The van der Waals surface area contributed by atoms with Gasteiger partial charge in [-0.2, -0.15) is 0 Å². The minimum absolute atomic E-state index is 0.474. The Kier molecular flexibility index (Phi) is 2.62. The van der Waals surface area contributed by atoms with Gasteiger partial charge in [-0.25, -0.2) is 4.98 Å². The van der Waals surface area contributed by atoms with Crippen molar-refractivity contribution in [1.29, 1.82) is 0 Å². The summed E-state index contributed by atoms with van der Waals surface area (Å²) in [6.07, 6.45) is 5.85. The number of aromatic nitrogens is 1. The van der Waals surface area contributed by atoms with E-state index in [0.717, 1.165) is 17.0 Å². The fourth-order valence-electron chi connectivity index (χ4n) is 2.18. The first kappa shape index (κ1) is 11.3. The van der Waals surface area contributed by atoms with Gasteiger partial charge in [0, 0.05) is 17.3 Å². The highest BCUT2D eigenvalue weighted by atomic mass is 16.3. The molecule has 1 saturated carbocycles. The molecule has 3 rings (SSSR count). The second-order valence-electron chi connectivity index (χ2n) is 5.47. The molecule has 1 aliphatic rings. The minimum atomic E-state index is 0.474. The molecule has 1 fully saturated rings. The van der Waals surface area contributed by atoms with Crippen LogP contribution in [0.4, 0.5) is 5.69 Å². The largest absolute Gasteiger partial charge is 0.444 e. The van der Waals surface area contributed by atoms with E-state index in [-0.39, 0.29) is 0 Å². The van der Waals surface area contributed by atoms with Gasteiger partial charge in [0.25, 0.3) is 0 Å². The average molecular weight is 242 g/mol. The molecule has 0 spiro atoms. The molecule has 1 heterocycles. The number of hydrogen-bond acceptors (Lipinski definition) is 3. The third-order valence-electron chi connectivity index (χ3n) is 4.05. The van der Waals surface area contributed by atoms with E-state index in [0.29, 0.717) is 11.5 Å². The van der Waals surface area contributed by atoms with Crippen molar-refractivity contribution in [1.82, 2.24) is 4.98 Å². The van der Waals surface area contributed by atoms with Crippen LogP contribution in [0.5, 0.6) is 0 Å². The van der Waals surface area contributed by atoms with E-state index in [1.807, 2.05) is 12.1 Å². The Bertz CT molecular complexity index is 529. The molecule has 0 amide bonds. The lowest BCUT2D eigenvalue weighted by molar-refractivity contribution is 0.493. The van der Waals surface area contributed by atoms with Gasteiger partial charge < -0.3 is 9.73 Å². The maximum absolute atomic E-state index is 5.32. The second-order valence-corrected chi connectivity index (χ2v) is 5.47. The predicted octanol–water partition coefficient (Wildman–Crippen LogP) is 3.94. The highest BCUT2D eigenvalue weighted by Crippen LogP contribution is 2.48. The van der Waals surface area contributed by atoms with Crippen molar-refractivity contribution in [2.45, 2.75) is 32.7 Å². The molecule has 3 nitrogen and oxygen atoms in total. The molecule has 1 aromatic heterocycles. The average Bonchev–Trinajstić information content (AvgIpc) is 2.93. The van der Waals surface area contributed by atoms with Crippen LogP contribution < -0.4 is 5.32 Å². The first-order chi connectivity index (χ1) is 8.67. The van der Waals surface area contributed by atoms with Gasteiger partial charge in [-0.05, 0) is 37.3 Å². The van der Waals surface area contributed by atoms with E-state index in [9.17, 15) is 0 Å². The topological polar surface area (TPSA) is 38.1 Å². The van der Waals surface area contributed by atoms with Crippen LogP contribution >= 0.6 is 0 Å². The van der Waals surface area contributed by atoms with Crippen LogP contribution in [0.1, 0.15) is 26.7 Å². The zero-order chi connectivity index (χ0) is 12.6. The van der Waals surface area contributed by atoms with Gasteiger partial charge in [-0.15, -0.1) is 0 Å². The molecular formula is C15H18N2O. The molecule has 0 radical (unpaired) electrons. The highest BCUT2D eigenvalue weighted by molar-refractivity contribution is 5.63. The summed E-state index contributed by atoms with van der Waals surface area (Å²) < 4.78 is 5.32. The van der Waals surface area contributed by atoms with Crippen LogP contribution in [-0.4, -0.2) is 11.0 Å². The van der Waals surface area contributed by atoms with Crippen LogP contribution in [0.2, 0.25) is 0 Å². The Morgan fingerprint density at radius 3 is 2.89 bits per heavy atom. The van der Waals surface area contributed by atoms with E-state index in [4.69, 9.17) is 4.42 Å². The van der Waals surface area contributed by atoms with E-state index >= 15 is 0 Å². The van der Waals surface area contributed by atoms with Crippen LogP contribution in [0.15, 0.2) is 41.3 Å². The second kappa shape index (κ2) is 4.16. The molecule has 2 aromatic rings. The van der Waals surface area contributed by atoms with E-state index in [1.54, 1.807) is 6.20 Å². The summed E-state index contributed by atoms with van der Waals surface area (Å²) in [5, 5.41) is 3.58. The zero-order valence-electron chi connectivity index (χ0n) is 10.8. The normalized spacial score (nSPS) is 18.3. The number of nitrogens with one attached hydrogen (secondary N) is 1. The summed E-state index contributed by atoms with van der Waals surface area (Å²) in [5.41, 5.74) is 2.68. The molecule has 0 bridgehead atoms. The molecule has 1 aromatic carbocycles. The van der Waals surface area contributed by atoms with E-state index in [1.165, 1.54) is 19.2 Å². The van der Waals surface area contributed by atoms with Crippen molar-refractivity contribution in [2.75, 3.05) is 5.32 Å². The summed E-state index contributed by atoms with van der Waals surface area (Å²) >= 11 is 0. The van der Waals surface area contributed by atoms with Crippen LogP contribution in [-0.2, 0) is 0 Å². The SMILES string of the molecule is CC(Nc1cccc(-c2cnco2)c1)C1(C)CC1. The van der Waals surface area contributed by atoms with Gasteiger partial charge in [-0.3, -0.25) is 0 Å². The number of hydrogen-bond donors (Lipinski definition) is 1. The third kappa shape index (κ3) is 2.13. The fraction of sp³-hybridized carbons (Fsp3) is 0.400. The maximum atomic E-state index is 5.32. The van der Waals surface area contributed by atoms with Crippen molar-refractivity contribution in [2.24, 2.45) is 5.41 Å². The Balaban J connectivity index is 1.79. The first-order valence-electron chi connectivity index (χ1n) is 6.43. The summed E-state index contributed by atoms with van der Waals surface area (Å²) in [6.45, 7) is 4.60. The van der Waals surface area contributed by atoms with Crippen LogP contribution in [0, 0.1) is 5.41 Å². The standard InChI is InChI=1S/C15H18N2O/c1-11(15(2)6-7-15)17-13-5-3-4-12(8-13)14-9-16-10-18-14/h3-5,8-11,17H,6-7H2,1-2H3. The molecule has 0 aliphatic heterocycles. The van der Waals surface area contributed by atoms with Gasteiger partial charge in [-0.1, -0.05) is 19.1 Å². The molecule has 3 heteroatoms. The Morgan fingerprint density at radius 2 is 2.22 bits per heavy atom. The van der Waals surface area contributed by atoms with Crippen molar-refractivity contribution in [3.8, 4) is 11.3 Å². The maximum Gasteiger partial charge on any atom is 0.181 e. The molecule has 18 heavy (non-hydrogen) atoms. The van der Waals surface area contributed by atoms with Crippen molar-refractivity contribution < 1.29 is 4.42 Å². The zero-order valence-corrected chi connectivity index (χ0v) is 10.8. The summed E-state index contributed by atoms with van der Waals surface area (Å²) in [4.78, 5) is 3.95. The van der Waals surface area contributed by atoms with Crippen molar-refractivity contribution >= 4 is 5.69 Å². The number of benzene rings is 1. The van der Waals surface area contributed by atoms with Crippen molar-refractivity contribution in [3.63, 3.8) is 0 Å². The Morgan fingerprint density at radius 1 is 1.39 bits per heavy atom.